The molecule has 0 radical (unpaired) electrons. The third kappa shape index (κ3) is 8.42. The van der Waals surface area contributed by atoms with Gasteiger partial charge in [-0.05, 0) is 33.6 Å². The molecule has 112 valence electrons. The van der Waals surface area contributed by atoms with Gasteiger partial charge in [0.1, 0.15) is 6.54 Å². The molecule has 0 aliphatic heterocycles. The molecule has 0 spiro atoms. The number of carboxylic acid groups (broad SMARTS) is 1. The first-order chi connectivity index (χ1) is 8.79. The van der Waals surface area contributed by atoms with Gasteiger partial charge in [0.2, 0.25) is 0 Å². The Labute approximate surface area is 115 Å². The van der Waals surface area contributed by atoms with Gasteiger partial charge in [-0.3, -0.25) is 4.79 Å². The van der Waals surface area contributed by atoms with Crippen molar-refractivity contribution in [1.82, 2.24) is 10.2 Å². The van der Waals surface area contributed by atoms with Crippen molar-refractivity contribution in [3.8, 4) is 0 Å². The van der Waals surface area contributed by atoms with Gasteiger partial charge in [-0.1, -0.05) is 6.92 Å². The van der Waals surface area contributed by atoms with E-state index in [0.717, 1.165) is 19.4 Å². The maximum atomic E-state index is 11.9. The molecule has 0 bridgehead atoms. The van der Waals surface area contributed by atoms with E-state index in [1.807, 2.05) is 6.92 Å². The lowest BCUT2D eigenvalue weighted by atomic mass is 10.1. The van der Waals surface area contributed by atoms with Crippen LogP contribution in [0.25, 0.3) is 0 Å². The molecule has 0 aromatic heterocycles. The van der Waals surface area contributed by atoms with E-state index in [0.29, 0.717) is 13.2 Å². The lowest BCUT2D eigenvalue weighted by Crippen LogP contribution is -2.52. The molecule has 0 unspecified atom stereocenters. The highest BCUT2D eigenvalue weighted by molar-refractivity contribution is 5.80. The standard InChI is InChI=1S/C13H26N2O4/c1-5-8-19-9-6-7-14-12(18)15(10-11(16)17)13(2,3)4/h5-10H2,1-4H3,(H,14,18)(H,16,17). The highest BCUT2D eigenvalue weighted by Crippen LogP contribution is 2.12. The van der Waals surface area contributed by atoms with Crippen molar-refractivity contribution >= 4 is 12.0 Å². The normalized spacial score (nSPS) is 11.2. The van der Waals surface area contributed by atoms with Crippen LogP contribution in [0.3, 0.4) is 0 Å². The van der Waals surface area contributed by atoms with Crippen LogP contribution in [0.5, 0.6) is 0 Å². The topological polar surface area (TPSA) is 78.9 Å². The second-order valence-corrected chi connectivity index (χ2v) is 5.35. The average Bonchev–Trinajstić information content (AvgIpc) is 2.28. The van der Waals surface area contributed by atoms with Crippen LogP contribution in [0.15, 0.2) is 0 Å². The number of hydrogen-bond donors (Lipinski definition) is 2. The van der Waals surface area contributed by atoms with E-state index < -0.39 is 11.5 Å². The zero-order chi connectivity index (χ0) is 14.9. The van der Waals surface area contributed by atoms with Crippen LogP contribution in [-0.4, -0.2) is 53.8 Å². The van der Waals surface area contributed by atoms with Crippen LogP contribution in [0.1, 0.15) is 40.5 Å². The van der Waals surface area contributed by atoms with Crippen LogP contribution in [-0.2, 0) is 9.53 Å². The summed E-state index contributed by atoms with van der Waals surface area (Å²) in [5.74, 6) is -1.02. The van der Waals surface area contributed by atoms with Crippen LogP contribution >= 0.6 is 0 Å². The molecule has 2 N–H and O–H groups in total. The molecule has 0 saturated carbocycles. The monoisotopic (exact) mass is 274 g/mol. The van der Waals surface area contributed by atoms with E-state index in [2.05, 4.69) is 5.32 Å². The van der Waals surface area contributed by atoms with Gasteiger partial charge in [0.15, 0.2) is 0 Å². The first kappa shape index (κ1) is 17.7. The number of rotatable bonds is 8. The van der Waals surface area contributed by atoms with Crippen molar-refractivity contribution in [2.45, 2.75) is 46.1 Å². The van der Waals surface area contributed by atoms with Gasteiger partial charge in [0, 0.05) is 25.3 Å². The van der Waals surface area contributed by atoms with E-state index in [9.17, 15) is 9.59 Å². The third-order valence-corrected chi connectivity index (χ3v) is 2.44. The Bertz CT molecular complexity index is 287. The number of carbonyl (C=O) groups is 2. The summed E-state index contributed by atoms with van der Waals surface area (Å²) >= 11 is 0. The molecule has 0 fully saturated rings. The zero-order valence-electron chi connectivity index (χ0n) is 12.4. The number of hydrogen-bond acceptors (Lipinski definition) is 3. The van der Waals surface area contributed by atoms with E-state index in [-0.39, 0.29) is 12.6 Å². The largest absolute Gasteiger partial charge is 0.480 e. The van der Waals surface area contributed by atoms with E-state index in [4.69, 9.17) is 9.84 Å². The van der Waals surface area contributed by atoms with Gasteiger partial charge in [-0.25, -0.2) is 4.79 Å². The minimum Gasteiger partial charge on any atom is -0.480 e. The van der Waals surface area contributed by atoms with Gasteiger partial charge in [0.25, 0.3) is 0 Å². The Balaban J connectivity index is 4.09. The minimum absolute atomic E-state index is 0.304. The molecule has 0 aromatic carbocycles. The highest BCUT2D eigenvalue weighted by atomic mass is 16.5. The van der Waals surface area contributed by atoms with Gasteiger partial charge < -0.3 is 20.1 Å². The van der Waals surface area contributed by atoms with Gasteiger partial charge in [-0.2, -0.15) is 0 Å². The molecule has 2 amide bonds. The molecular weight excluding hydrogens is 248 g/mol. The SMILES string of the molecule is CCCOCCCNC(=O)N(CC(=O)O)C(C)(C)C. The number of nitrogens with one attached hydrogen (secondary N) is 1. The van der Waals surface area contributed by atoms with E-state index in [1.54, 1.807) is 20.8 Å². The first-order valence-electron chi connectivity index (χ1n) is 6.64. The predicted octanol–water partition coefficient (Wildman–Crippen LogP) is 1.70. The maximum Gasteiger partial charge on any atom is 0.323 e. The van der Waals surface area contributed by atoms with Gasteiger partial charge >= 0.3 is 12.0 Å². The molecule has 0 saturated heterocycles. The molecule has 0 rings (SSSR count). The van der Waals surface area contributed by atoms with Crippen molar-refractivity contribution in [3.63, 3.8) is 0 Å². The van der Waals surface area contributed by atoms with Crippen molar-refractivity contribution in [1.29, 1.82) is 0 Å². The number of carbonyl (C=O) groups excluding carboxylic acids is 1. The molecule has 6 nitrogen and oxygen atoms in total. The van der Waals surface area contributed by atoms with Crippen LogP contribution in [0, 0.1) is 0 Å². The third-order valence-electron chi connectivity index (χ3n) is 2.44. The maximum absolute atomic E-state index is 11.9. The lowest BCUT2D eigenvalue weighted by molar-refractivity contribution is -0.138. The van der Waals surface area contributed by atoms with Crippen molar-refractivity contribution in [2.24, 2.45) is 0 Å². The molecule has 0 aliphatic rings. The highest BCUT2D eigenvalue weighted by Gasteiger charge is 2.27. The Kier molecular flexibility index (Phi) is 8.14. The molecule has 19 heavy (non-hydrogen) atoms. The molecule has 0 atom stereocenters. The van der Waals surface area contributed by atoms with Gasteiger partial charge in [-0.15, -0.1) is 0 Å². The zero-order valence-corrected chi connectivity index (χ0v) is 12.4. The number of urea groups is 1. The lowest BCUT2D eigenvalue weighted by Gasteiger charge is -2.34. The number of aliphatic carboxylic acids is 1. The van der Waals surface area contributed by atoms with Crippen molar-refractivity contribution in [2.75, 3.05) is 26.3 Å². The Morgan fingerprint density at radius 3 is 2.37 bits per heavy atom. The van der Waals surface area contributed by atoms with E-state index >= 15 is 0 Å². The summed E-state index contributed by atoms with van der Waals surface area (Å²) in [6.07, 6.45) is 1.69. The Morgan fingerprint density at radius 2 is 1.89 bits per heavy atom. The summed E-state index contributed by atoms with van der Waals surface area (Å²) in [5.41, 5.74) is -0.527. The summed E-state index contributed by atoms with van der Waals surface area (Å²) in [5, 5.41) is 11.5. The summed E-state index contributed by atoms with van der Waals surface area (Å²) in [6.45, 7) is 8.95. The summed E-state index contributed by atoms with van der Waals surface area (Å²) in [4.78, 5) is 24.0. The fourth-order valence-corrected chi connectivity index (χ4v) is 1.46. The first-order valence-corrected chi connectivity index (χ1v) is 6.64. The number of nitrogens with zero attached hydrogens (tertiary/aromatic N) is 1. The number of carboxylic acids is 1. The summed E-state index contributed by atoms with van der Waals surface area (Å²) in [6, 6.07) is -0.356. The molecule has 6 heteroatoms. The van der Waals surface area contributed by atoms with Crippen molar-refractivity contribution in [3.05, 3.63) is 0 Å². The average molecular weight is 274 g/mol. The fourth-order valence-electron chi connectivity index (χ4n) is 1.46. The second kappa shape index (κ2) is 8.74. The van der Waals surface area contributed by atoms with Crippen molar-refractivity contribution < 1.29 is 19.4 Å². The summed E-state index contributed by atoms with van der Waals surface area (Å²) < 4.78 is 5.30. The Hall–Kier alpha value is -1.30. The van der Waals surface area contributed by atoms with E-state index in [1.165, 1.54) is 4.90 Å². The quantitative estimate of drug-likeness (QED) is 0.660. The van der Waals surface area contributed by atoms with Gasteiger partial charge in [0.05, 0.1) is 0 Å². The second-order valence-electron chi connectivity index (χ2n) is 5.35. The molecule has 0 heterocycles. The minimum atomic E-state index is -1.02. The molecule has 0 aliphatic carbocycles. The van der Waals surface area contributed by atoms with Crippen LogP contribution in [0.2, 0.25) is 0 Å². The number of ether oxygens (including phenoxy) is 1. The smallest absolute Gasteiger partial charge is 0.323 e. The molecule has 0 aromatic rings. The number of amides is 2. The molecular formula is C13H26N2O4. The summed E-state index contributed by atoms with van der Waals surface area (Å²) in [7, 11) is 0. The van der Waals surface area contributed by atoms with Crippen LogP contribution < -0.4 is 5.32 Å². The fraction of sp³-hybridized carbons (Fsp3) is 0.846. The Morgan fingerprint density at radius 1 is 1.26 bits per heavy atom. The predicted molar refractivity (Wildman–Crippen MR) is 73.2 cm³/mol. The van der Waals surface area contributed by atoms with Crippen LogP contribution in [0.4, 0.5) is 4.79 Å².